The summed E-state index contributed by atoms with van der Waals surface area (Å²) in [5.41, 5.74) is 2.52. The summed E-state index contributed by atoms with van der Waals surface area (Å²) in [7, 11) is 0. The Bertz CT molecular complexity index is 612. The molecule has 2 heterocycles. The molecule has 1 aromatic carbocycles. The monoisotopic (exact) mass is 310 g/mol. The first-order valence-electron chi connectivity index (χ1n) is 6.11. The normalized spacial score (nSPS) is 17.2. The predicted molar refractivity (Wildman–Crippen MR) is 76.1 cm³/mol. The maximum absolute atomic E-state index is 11.2. The van der Waals surface area contributed by atoms with Gasteiger partial charge in [-0.2, -0.15) is 0 Å². The van der Waals surface area contributed by atoms with Crippen LogP contribution in [0.1, 0.15) is 12.8 Å². The summed E-state index contributed by atoms with van der Waals surface area (Å²) in [5, 5.41) is 6.87. The average Bonchev–Trinajstić information content (AvgIpc) is 2.70. The Labute approximate surface area is 112 Å². The number of fused-ring (bicyclic) bond motifs is 1. The Morgan fingerprint density at radius 2 is 1.83 bits per heavy atom. The van der Waals surface area contributed by atoms with E-state index in [-0.39, 0.29) is 5.69 Å². The number of anilines is 1. The molecule has 0 amide bonds. The number of hydrogen-bond acceptors (Lipinski definition) is 3. The van der Waals surface area contributed by atoms with Gasteiger partial charge in [0.25, 0.3) is 0 Å². The van der Waals surface area contributed by atoms with Crippen LogP contribution in [0.4, 0.5) is 5.69 Å². The maximum Gasteiger partial charge on any atom is 0.323 e. The van der Waals surface area contributed by atoms with Crippen LogP contribution in [0.5, 0.6) is 0 Å². The molecule has 0 radical (unpaired) electrons. The zero-order valence-corrected chi connectivity index (χ0v) is 11.4. The van der Waals surface area contributed by atoms with E-state index in [2.05, 4.69) is 36.5 Å². The molecule has 0 unspecified atom stereocenters. The number of aromatic nitrogens is 2. The van der Waals surface area contributed by atoms with Gasteiger partial charge in [0.2, 0.25) is 0 Å². The molecule has 3 rings (SSSR count). The lowest BCUT2D eigenvalue weighted by atomic mass is 10.1. The third-order valence-corrected chi connectivity index (χ3v) is 3.96. The molecule has 96 valence electrons. The number of hydrogen-bond donors (Lipinski definition) is 4. The van der Waals surface area contributed by atoms with Crippen LogP contribution in [-0.4, -0.2) is 29.1 Å². The Morgan fingerprint density at radius 1 is 1.17 bits per heavy atom. The number of imidazole rings is 1. The van der Waals surface area contributed by atoms with Gasteiger partial charge in [-0.15, -0.1) is 0 Å². The smallest absolute Gasteiger partial charge is 0.323 e. The molecule has 18 heavy (non-hydrogen) atoms. The summed E-state index contributed by atoms with van der Waals surface area (Å²) >= 11 is 3.54. The Kier molecular flexibility index (Phi) is 3.13. The molecule has 5 nitrogen and oxygen atoms in total. The number of benzene rings is 1. The second-order valence-corrected chi connectivity index (χ2v) is 5.48. The molecule has 4 N–H and O–H groups in total. The minimum Gasteiger partial charge on any atom is -0.381 e. The van der Waals surface area contributed by atoms with Gasteiger partial charge in [-0.25, -0.2) is 4.79 Å². The first-order chi connectivity index (χ1) is 8.72. The standard InChI is InChI=1S/C12H15BrN4O/c13-8-5-10-11(17-12(18)16-10)6-9(8)15-7-1-3-14-4-2-7/h5-7,14-15H,1-4H2,(H2,16,17,18). The molecule has 1 saturated heterocycles. The highest BCUT2D eigenvalue weighted by Gasteiger charge is 2.14. The summed E-state index contributed by atoms with van der Waals surface area (Å²) in [6, 6.07) is 4.39. The van der Waals surface area contributed by atoms with Crippen LogP contribution in [0, 0.1) is 0 Å². The van der Waals surface area contributed by atoms with E-state index in [0.29, 0.717) is 6.04 Å². The SMILES string of the molecule is O=c1[nH]c2cc(Br)c(NC3CCNCC3)cc2[nH]1. The molecule has 0 bridgehead atoms. The highest BCUT2D eigenvalue weighted by Crippen LogP contribution is 2.27. The van der Waals surface area contributed by atoms with E-state index < -0.39 is 0 Å². The average molecular weight is 311 g/mol. The fourth-order valence-corrected chi connectivity index (χ4v) is 2.81. The second kappa shape index (κ2) is 4.78. The van der Waals surface area contributed by atoms with Crippen molar-refractivity contribution in [2.75, 3.05) is 18.4 Å². The zero-order chi connectivity index (χ0) is 12.5. The van der Waals surface area contributed by atoms with Gasteiger partial charge >= 0.3 is 5.69 Å². The van der Waals surface area contributed by atoms with E-state index in [4.69, 9.17) is 0 Å². The molecule has 2 aromatic rings. The lowest BCUT2D eigenvalue weighted by Crippen LogP contribution is -2.35. The van der Waals surface area contributed by atoms with Gasteiger partial charge in [0.15, 0.2) is 0 Å². The Morgan fingerprint density at radius 3 is 2.56 bits per heavy atom. The van der Waals surface area contributed by atoms with Crippen molar-refractivity contribution in [3.05, 3.63) is 27.1 Å². The van der Waals surface area contributed by atoms with E-state index >= 15 is 0 Å². The summed E-state index contributed by atoms with van der Waals surface area (Å²) < 4.78 is 0.976. The molecule has 1 aliphatic heterocycles. The van der Waals surface area contributed by atoms with Crippen molar-refractivity contribution in [2.45, 2.75) is 18.9 Å². The van der Waals surface area contributed by atoms with Gasteiger partial charge in [-0.3, -0.25) is 0 Å². The molecular weight excluding hydrogens is 296 g/mol. The van der Waals surface area contributed by atoms with Crippen LogP contribution in [0.15, 0.2) is 21.4 Å². The molecule has 0 saturated carbocycles. The number of nitrogens with one attached hydrogen (secondary N) is 4. The summed E-state index contributed by atoms with van der Waals surface area (Å²) in [6.45, 7) is 2.11. The van der Waals surface area contributed by atoms with E-state index in [1.165, 1.54) is 0 Å². The molecular formula is C12H15BrN4O. The van der Waals surface area contributed by atoms with E-state index in [1.807, 2.05) is 12.1 Å². The highest BCUT2D eigenvalue weighted by atomic mass is 79.9. The second-order valence-electron chi connectivity index (χ2n) is 4.63. The molecule has 0 atom stereocenters. The van der Waals surface area contributed by atoms with Gasteiger partial charge in [0.05, 0.1) is 16.7 Å². The fourth-order valence-electron chi connectivity index (χ4n) is 2.35. The molecule has 0 aliphatic carbocycles. The molecule has 1 fully saturated rings. The van der Waals surface area contributed by atoms with Crippen molar-refractivity contribution in [1.29, 1.82) is 0 Å². The van der Waals surface area contributed by atoms with Gasteiger partial charge in [0.1, 0.15) is 0 Å². The summed E-state index contributed by atoms with van der Waals surface area (Å²) in [5.74, 6) is 0. The lowest BCUT2D eigenvalue weighted by molar-refractivity contribution is 0.479. The Balaban J connectivity index is 1.90. The lowest BCUT2D eigenvalue weighted by Gasteiger charge is -2.25. The summed E-state index contributed by atoms with van der Waals surface area (Å²) in [4.78, 5) is 16.8. The van der Waals surface area contributed by atoms with Crippen molar-refractivity contribution >= 4 is 32.7 Å². The third kappa shape index (κ3) is 2.30. The molecule has 6 heteroatoms. The van der Waals surface area contributed by atoms with Crippen LogP contribution in [0.25, 0.3) is 11.0 Å². The number of halogens is 1. The Hall–Kier alpha value is -1.27. The van der Waals surface area contributed by atoms with Gasteiger partial charge in [-0.05, 0) is 54.0 Å². The molecule has 1 aliphatic rings. The van der Waals surface area contributed by atoms with Crippen LogP contribution >= 0.6 is 15.9 Å². The third-order valence-electron chi connectivity index (χ3n) is 3.30. The minimum atomic E-state index is -0.170. The van der Waals surface area contributed by atoms with Crippen LogP contribution in [0.2, 0.25) is 0 Å². The number of aromatic amines is 2. The minimum absolute atomic E-state index is 0.170. The van der Waals surface area contributed by atoms with Crippen LogP contribution in [-0.2, 0) is 0 Å². The van der Waals surface area contributed by atoms with Crippen molar-refractivity contribution in [3.8, 4) is 0 Å². The van der Waals surface area contributed by atoms with Crippen LogP contribution in [0.3, 0.4) is 0 Å². The summed E-state index contributed by atoms with van der Waals surface area (Å²) in [6.07, 6.45) is 2.24. The first-order valence-corrected chi connectivity index (χ1v) is 6.90. The highest BCUT2D eigenvalue weighted by molar-refractivity contribution is 9.10. The fraction of sp³-hybridized carbons (Fsp3) is 0.417. The maximum atomic E-state index is 11.2. The topological polar surface area (TPSA) is 72.7 Å². The van der Waals surface area contributed by atoms with Gasteiger partial charge in [-0.1, -0.05) is 0 Å². The van der Waals surface area contributed by atoms with Gasteiger partial charge < -0.3 is 20.6 Å². The predicted octanol–water partition coefficient (Wildman–Crippen LogP) is 1.78. The van der Waals surface area contributed by atoms with Gasteiger partial charge in [0, 0.05) is 10.5 Å². The van der Waals surface area contributed by atoms with Crippen LogP contribution < -0.4 is 16.3 Å². The number of rotatable bonds is 2. The van der Waals surface area contributed by atoms with Crippen molar-refractivity contribution in [2.24, 2.45) is 0 Å². The molecule has 0 spiro atoms. The van der Waals surface area contributed by atoms with Crippen molar-refractivity contribution in [1.82, 2.24) is 15.3 Å². The molecule has 1 aromatic heterocycles. The quantitative estimate of drug-likeness (QED) is 0.683. The van der Waals surface area contributed by atoms with Crippen molar-refractivity contribution in [3.63, 3.8) is 0 Å². The largest absolute Gasteiger partial charge is 0.381 e. The number of piperidine rings is 1. The van der Waals surface area contributed by atoms with Crippen molar-refractivity contribution < 1.29 is 0 Å². The first kappa shape index (κ1) is 11.8. The zero-order valence-electron chi connectivity index (χ0n) is 9.85. The van der Waals surface area contributed by atoms with E-state index in [0.717, 1.165) is 47.1 Å². The van der Waals surface area contributed by atoms with E-state index in [1.54, 1.807) is 0 Å². The number of H-pyrrole nitrogens is 2. The van der Waals surface area contributed by atoms with E-state index in [9.17, 15) is 4.79 Å².